The van der Waals surface area contributed by atoms with Crippen LogP contribution in [0.1, 0.15) is 6.92 Å². The molecular formula is C16H18F2N4O4. The largest absolute Gasteiger partial charge is 0.511 e. The summed E-state index contributed by atoms with van der Waals surface area (Å²) in [6.45, 7) is 3.74. The van der Waals surface area contributed by atoms with Crippen LogP contribution in [0.15, 0.2) is 11.0 Å². The Kier molecular flexibility index (Phi) is 4.68. The van der Waals surface area contributed by atoms with E-state index in [9.17, 15) is 14.0 Å². The van der Waals surface area contributed by atoms with Crippen molar-refractivity contribution in [3.8, 4) is 5.75 Å². The van der Waals surface area contributed by atoms with Crippen LogP contribution in [-0.4, -0.2) is 42.0 Å². The third kappa shape index (κ3) is 2.81. The molecule has 3 rings (SSSR count). The molecule has 0 aliphatic carbocycles. The molecule has 0 spiro atoms. The van der Waals surface area contributed by atoms with E-state index in [-0.39, 0.29) is 17.7 Å². The predicted molar refractivity (Wildman–Crippen MR) is 91.9 cm³/mol. The summed E-state index contributed by atoms with van der Waals surface area (Å²) in [6.07, 6.45) is -0.623. The molecule has 1 saturated heterocycles. The normalized spacial score (nSPS) is 14.7. The van der Waals surface area contributed by atoms with Crippen molar-refractivity contribution in [2.24, 2.45) is 0 Å². The van der Waals surface area contributed by atoms with Crippen molar-refractivity contribution in [3.63, 3.8) is 0 Å². The van der Waals surface area contributed by atoms with Gasteiger partial charge in [-0.25, -0.2) is 13.6 Å². The highest BCUT2D eigenvalue weighted by Gasteiger charge is 2.28. The molecule has 0 bridgehead atoms. The van der Waals surface area contributed by atoms with Crippen LogP contribution in [0.5, 0.6) is 5.75 Å². The summed E-state index contributed by atoms with van der Waals surface area (Å²) in [6, 6.07) is 0. The highest BCUT2D eigenvalue weighted by molar-refractivity contribution is 5.96. The van der Waals surface area contributed by atoms with E-state index in [0.717, 1.165) is 6.20 Å². The monoisotopic (exact) mass is 368 g/mol. The Balaban J connectivity index is 2.36. The van der Waals surface area contributed by atoms with Crippen LogP contribution in [0.25, 0.3) is 10.9 Å². The van der Waals surface area contributed by atoms with E-state index in [1.165, 1.54) is 9.47 Å². The molecule has 0 saturated carbocycles. The lowest BCUT2D eigenvalue weighted by atomic mass is 10.1. The smallest absolute Gasteiger partial charge is 0.449 e. The topological polar surface area (TPSA) is 110 Å². The average Bonchev–Trinajstić information content (AvgIpc) is 2.61. The van der Waals surface area contributed by atoms with Gasteiger partial charge in [-0.1, -0.05) is 0 Å². The number of ether oxygens (including phenoxy) is 1. The number of anilines is 2. The second kappa shape index (κ2) is 6.79. The number of piperazine rings is 1. The fourth-order valence-electron chi connectivity index (χ4n) is 3.15. The molecule has 4 N–H and O–H groups in total. The zero-order valence-corrected chi connectivity index (χ0v) is 14.0. The van der Waals surface area contributed by atoms with Gasteiger partial charge in [-0.2, -0.15) is 0 Å². The SMILES string of the molecule is CCn1cc(OC(=O)O)c(=O)c2c(N)c(F)c(N3CCNCC3)c(F)c21. The number of hydrogen-bond acceptors (Lipinski definition) is 6. The number of carboxylic acid groups (broad SMARTS) is 1. The van der Waals surface area contributed by atoms with Gasteiger partial charge in [0.15, 0.2) is 17.4 Å². The van der Waals surface area contributed by atoms with Gasteiger partial charge < -0.3 is 30.4 Å². The highest BCUT2D eigenvalue weighted by atomic mass is 19.1. The number of carbonyl (C=O) groups is 1. The molecule has 2 heterocycles. The number of halogens is 2. The van der Waals surface area contributed by atoms with Gasteiger partial charge in [0.05, 0.1) is 22.8 Å². The number of rotatable bonds is 3. The van der Waals surface area contributed by atoms with Crippen molar-refractivity contribution in [3.05, 3.63) is 28.1 Å². The minimum Gasteiger partial charge on any atom is -0.449 e. The second-order valence-electron chi connectivity index (χ2n) is 5.83. The summed E-state index contributed by atoms with van der Waals surface area (Å²) in [5.74, 6) is -2.51. The molecule has 140 valence electrons. The van der Waals surface area contributed by atoms with Crippen molar-refractivity contribution >= 4 is 28.4 Å². The van der Waals surface area contributed by atoms with Gasteiger partial charge in [0.1, 0.15) is 5.69 Å². The maximum Gasteiger partial charge on any atom is 0.511 e. The quantitative estimate of drug-likeness (QED) is 0.554. The number of hydrogen-bond donors (Lipinski definition) is 3. The number of nitrogens with one attached hydrogen (secondary N) is 1. The van der Waals surface area contributed by atoms with Crippen LogP contribution in [0, 0.1) is 11.6 Å². The van der Waals surface area contributed by atoms with E-state index < -0.39 is 40.0 Å². The van der Waals surface area contributed by atoms with Gasteiger partial charge >= 0.3 is 6.16 Å². The first-order chi connectivity index (χ1) is 12.4. The van der Waals surface area contributed by atoms with E-state index >= 15 is 4.39 Å². The number of pyridine rings is 1. The van der Waals surface area contributed by atoms with Crippen molar-refractivity contribution in [2.75, 3.05) is 36.8 Å². The number of aryl methyl sites for hydroxylation is 1. The van der Waals surface area contributed by atoms with Crippen LogP contribution < -0.4 is 26.1 Å². The van der Waals surface area contributed by atoms with Gasteiger partial charge in [-0.15, -0.1) is 0 Å². The van der Waals surface area contributed by atoms with E-state index in [1.807, 2.05) is 0 Å². The molecule has 10 heteroatoms. The Hall–Kier alpha value is -2.88. The summed E-state index contributed by atoms with van der Waals surface area (Å²) in [5.41, 5.74) is 3.85. The first kappa shape index (κ1) is 17.9. The third-order valence-electron chi connectivity index (χ3n) is 4.35. The summed E-state index contributed by atoms with van der Waals surface area (Å²) in [5, 5.41) is 11.4. The standard InChI is InChI=1S/C16H18F2N4O4/c1-2-21-7-8(26-16(24)25)15(23)9-12(19)10(17)14(11(18)13(9)21)22-5-3-20-4-6-22/h7,20H,2-6,19H2,1H3,(H,24,25). The molecule has 8 nitrogen and oxygen atoms in total. The Labute approximate surface area is 146 Å². The number of fused-ring (bicyclic) bond motifs is 1. The Morgan fingerprint density at radius 1 is 1.35 bits per heavy atom. The average molecular weight is 368 g/mol. The zero-order chi connectivity index (χ0) is 19.0. The molecule has 1 fully saturated rings. The van der Waals surface area contributed by atoms with Crippen LogP contribution in [-0.2, 0) is 6.54 Å². The number of aromatic nitrogens is 1. The van der Waals surface area contributed by atoms with Gasteiger partial charge in [-0.05, 0) is 6.92 Å². The van der Waals surface area contributed by atoms with Crippen molar-refractivity contribution < 1.29 is 23.4 Å². The lowest BCUT2D eigenvalue weighted by molar-refractivity contribution is 0.144. The Morgan fingerprint density at radius 2 is 2.00 bits per heavy atom. The van der Waals surface area contributed by atoms with Crippen LogP contribution >= 0.6 is 0 Å². The zero-order valence-electron chi connectivity index (χ0n) is 14.0. The van der Waals surface area contributed by atoms with Crippen LogP contribution in [0.4, 0.5) is 25.0 Å². The molecule has 1 aliphatic rings. The summed E-state index contributed by atoms with van der Waals surface area (Å²) < 4.78 is 35.8. The fraction of sp³-hybridized carbons (Fsp3) is 0.375. The lowest BCUT2D eigenvalue weighted by Crippen LogP contribution is -2.44. The van der Waals surface area contributed by atoms with Crippen molar-refractivity contribution in [1.82, 2.24) is 9.88 Å². The molecule has 1 aromatic carbocycles. The first-order valence-corrected chi connectivity index (χ1v) is 8.06. The van der Waals surface area contributed by atoms with Crippen molar-refractivity contribution in [2.45, 2.75) is 13.5 Å². The van der Waals surface area contributed by atoms with E-state index in [2.05, 4.69) is 10.1 Å². The number of nitrogens with zero attached hydrogens (tertiary/aromatic N) is 2. The van der Waals surface area contributed by atoms with Crippen LogP contribution in [0.2, 0.25) is 0 Å². The summed E-state index contributed by atoms with van der Waals surface area (Å²) >= 11 is 0. The minimum atomic E-state index is -1.71. The molecule has 26 heavy (non-hydrogen) atoms. The number of benzene rings is 1. The molecule has 0 amide bonds. The summed E-state index contributed by atoms with van der Waals surface area (Å²) in [4.78, 5) is 24.8. The molecule has 1 aliphatic heterocycles. The molecule has 0 atom stereocenters. The summed E-state index contributed by atoms with van der Waals surface area (Å²) in [7, 11) is 0. The van der Waals surface area contributed by atoms with Gasteiger partial charge in [0, 0.05) is 32.7 Å². The van der Waals surface area contributed by atoms with E-state index in [1.54, 1.807) is 6.92 Å². The number of nitrogen functional groups attached to an aromatic ring is 1. The van der Waals surface area contributed by atoms with Crippen LogP contribution in [0.3, 0.4) is 0 Å². The fourth-order valence-corrected chi connectivity index (χ4v) is 3.15. The Morgan fingerprint density at radius 3 is 2.58 bits per heavy atom. The first-order valence-electron chi connectivity index (χ1n) is 8.06. The maximum atomic E-state index is 15.2. The molecule has 0 unspecified atom stereocenters. The van der Waals surface area contributed by atoms with E-state index in [0.29, 0.717) is 26.2 Å². The van der Waals surface area contributed by atoms with E-state index in [4.69, 9.17) is 10.8 Å². The highest BCUT2D eigenvalue weighted by Crippen LogP contribution is 2.35. The minimum absolute atomic E-state index is 0.178. The second-order valence-corrected chi connectivity index (χ2v) is 5.83. The molecule has 0 radical (unpaired) electrons. The molecule has 1 aromatic heterocycles. The van der Waals surface area contributed by atoms with Gasteiger partial charge in [-0.3, -0.25) is 4.79 Å². The number of nitrogens with two attached hydrogens (primary N) is 1. The van der Waals surface area contributed by atoms with Gasteiger partial charge in [0.2, 0.25) is 5.43 Å². The molecule has 2 aromatic rings. The predicted octanol–water partition coefficient (Wildman–Crippen LogP) is 1.35. The van der Waals surface area contributed by atoms with Crippen molar-refractivity contribution in [1.29, 1.82) is 0 Å². The van der Waals surface area contributed by atoms with Gasteiger partial charge in [0.25, 0.3) is 0 Å². The third-order valence-corrected chi connectivity index (χ3v) is 4.35. The Bertz CT molecular complexity index is 938. The molecular weight excluding hydrogens is 350 g/mol. The maximum absolute atomic E-state index is 15.2. The lowest BCUT2D eigenvalue weighted by Gasteiger charge is -2.31.